The molecule has 0 radical (unpaired) electrons. The second-order valence-electron chi connectivity index (χ2n) is 5.30. The molecule has 0 aliphatic heterocycles. The standard InChI is InChI=1S/C15H16BrNO2S2/c1-10-5-6-15(12(16)9-10)21(18,19)17-13-3-2-4-14-11(13)7-8-20-14/h5-9,13,17H,2-4H2,1H3. The molecule has 21 heavy (non-hydrogen) atoms. The minimum Gasteiger partial charge on any atom is -0.207 e. The Morgan fingerprint density at radius 2 is 2.14 bits per heavy atom. The molecule has 3 rings (SSSR count). The number of hydrogen-bond acceptors (Lipinski definition) is 3. The number of benzene rings is 1. The fourth-order valence-electron chi connectivity index (χ4n) is 2.68. The molecule has 0 amide bonds. The summed E-state index contributed by atoms with van der Waals surface area (Å²) >= 11 is 5.07. The van der Waals surface area contributed by atoms with Gasteiger partial charge in [-0.15, -0.1) is 11.3 Å². The van der Waals surface area contributed by atoms with E-state index in [0.717, 1.165) is 30.4 Å². The average Bonchev–Trinajstić information content (AvgIpc) is 2.87. The number of nitrogens with one attached hydrogen (secondary N) is 1. The molecule has 0 fully saturated rings. The molecular formula is C15H16BrNO2S2. The number of aryl methyl sites for hydroxylation is 2. The molecule has 1 aromatic carbocycles. The van der Waals surface area contributed by atoms with Crippen LogP contribution in [-0.4, -0.2) is 8.42 Å². The molecule has 0 saturated heterocycles. The highest BCUT2D eigenvalue weighted by atomic mass is 79.9. The number of halogens is 1. The van der Waals surface area contributed by atoms with Crippen molar-refractivity contribution in [2.75, 3.05) is 0 Å². The quantitative estimate of drug-likeness (QED) is 0.861. The van der Waals surface area contributed by atoms with Crippen molar-refractivity contribution in [1.29, 1.82) is 0 Å². The highest BCUT2D eigenvalue weighted by Crippen LogP contribution is 2.35. The summed E-state index contributed by atoms with van der Waals surface area (Å²) in [5, 5.41) is 2.04. The lowest BCUT2D eigenvalue weighted by Gasteiger charge is -2.23. The van der Waals surface area contributed by atoms with Crippen molar-refractivity contribution in [3.8, 4) is 0 Å². The normalized spacial score (nSPS) is 18.5. The van der Waals surface area contributed by atoms with E-state index in [-0.39, 0.29) is 6.04 Å². The van der Waals surface area contributed by atoms with E-state index in [2.05, 4.69) is 20.7 Å². The molecule has 1 atom stereocenters. The predicted molar refractivity (Wildman–Crippen MR) is 89.2 cm³/mol. The van der Waals surface area contributed by atoms with Crippen molar-refractivity contribution in [1.82, 2.24) is 4.72 Å². The molecule has 1 aromatic heterocycles. The predicted octanol–water partition coefficient (Wildman–Crippen LogP) is 4.17. The summed E-state index contributed by atoms with van der Waals surface area (Å²) in [4.78, 5) is 1.60. The van der Waals surface area contributed by atoms with E-state index in [0.29, 0.717) is 9.37 Å². The maximum atomic E-state index is 12.6. The molecule has 6 heteroatoms. The topological polar surface area (TPSA) is 46.2 Å². The second-order valence-corrected chi connectivity index (χ2v) is 8.84. The first-order valence-corrected chi connectivity index (χ1v) is 9.98. The molecule has 1 aliphatic rings. The van der Waals surface area contributed by atoms with Crippen LogP contribution in [0.5, 0.6) is 0 Å². The van der Waals surface area contributed by atoms with E-state index < -0.39 is 10.0 Å². The van der Waals surface area contributed by atoms with Gasteiger partial charge in [0.15, 0.2) is 0 Å². The van der Waals surface area contributed by atoms with Crippen LogP contribution in [0.2, 0.25) is 0 Å². The van der Waals surface area contributed by atoms with Gasteiger partial charge in [0.25, 0.3) is 0 Å². The summed E-state index contributed by atoms with van der Waals surface area (Å²) in [5.41, 5.74) is 2.16. The fourth-order valence-corrected chi connectivity index (χ4v) is 6.11. The van der Waals surface area contributed by atoms with Gasteiger partial charge in [-0.3, -0.25) is 0 Å². The number of rotatable bonds is 3. The molecule has 2 aromatic rings. The average molecular weight is 386 g/mol. The Balaban J connectivity index is 1.91. The Kier molecular flexibility index (Phi) is 4.23. The molecule has 1 N–H and O–H groups in total. The van der Waals surface area contributed by atoms with Crippen LogP contribution in [0, 0.1) is 6.92 Å². The van der Waals surface area contributed by atoms with Gasteiger partial charge < -0.3 is 0 Å². The van der Waals surface area contributed by atoms with E-state index in [9.17, 15) is 8.42 Å². The van der Waals surface area contributed by atoms with Crippen molar-refractivity contribution in [3.05, 3.63) is 50.1 Å². The first-order valence-electron chi connectivity index (χ1n) is 6.82. The molecule has 3 nitrogen and oxygen atoms in total. The third-order valence-electron chi connectivity index (χ3n) is 3.73. The third-order valence-corrected chi connectivity index (χ3v) is 7.17. The van der Waals surface area contributed by atoms with Crippen molar-refractivity contribution in [2.24, 2.45) is 0 Å². The molecule has 0 spiro atoms. The monoisotopic (exact) mass is 385 g/mol. The van der Waals surface area contributed by atoms with Gasteiger partial charge in [-0.05, 0) is 76.8 Å². The van der Waals surface area contributed by atoms with Crippen LogP contribution in [0.1, 0.15) is 34.9 Å². The Labute approximate surface area is 137 Å². The van der Waals surface area contributed by atoms with E-state index in [1.54, 1.807) is 17.4 Å². The molecule has 1 aliphatic carbocycles. The number of hydrogen-bond donors (Lipinski definition) is 1. The Morgan fingerprint density at radius 1 is 1.33 bits per heavy atom. The van der Waals surface area contributed by atoms with Crippen LogP contribution in [0.3, 0.4) is 0 Å². The van der Waals surface area contributed by atoms with Gasteiger partial charge in [0.1, 0.15) is 0 Å². The summed E-state index contributed by atoms with van der Waals surface area (Å²) in [7, 11) is -3.52. The van der Waals surface area contributed by atoms with Crippen molar-refractivity contribution in [2.45, 2.75) is 37.1 Å². The largest absolute Gasteiger partial charge is 0.242 e. The summed E-state index contributed by atoms with van der Waals surface area (Å²) in [6, 6.07) is 7.22. The van der Waals surface area contributed by atoms with E-state index >= 15 is 0 Å². The SMILES string of the molecule is Cc1ccc(S(=O)(=O)NC2CCCc3sccc32)c(Br)c1. The van der Waals surface area contributed by atoms with E-state index in [4.69, 9.17) is 0 Å². The van der Waals surface area contributed by atoms with Gasteiger partial charge in [-0.1, -0.05) is 6.07 Å². The van der Waals surface area contributed by atoms with Gasteiger partial charge in [-0.2, -0.15) is 0 Å². The maximum Gasteiger partial charge on any atom is 0.242 e. The Morgan fingerprint density at radius 3 is 2.90 bits per heavy atom. The molecule has 112 valence electrons. The molecule has 1 heterocycles. The summed E-state index contributed by atoms with van der Waals surface area (Å²) in [5.74, 6) is 0. The summed E-state index contributed by atoms with van der Waals surface area (Å²) < 4.78 is 28.7. The smallest absolute Gasteiger partial charge is 0.207 e. The Bertz CT molecular complexity index is 768. The van der Waals surface area contributed by atoms with E-state index in [1.807, 2.05) is 30.5 Å². The first-order chi connectivity index (χ1) is 9.97. The van der Waals surface area contributed by atoms with Gasteiger partial charge in [-0.25, -0.2) is 13.1 Å². The zero-order valence-corrected chi connectivity index (χ0v) is 14.8. The highest BCUT2D eigenvalue weighted by Gasteiger charge is 2.27. The molecule has 0 bridgehead atoms. The highest BCUT2D eigenvalue weighted by molar-refractivity contribution is 9.10. The van der Waals surface area contributed by atoms with Crippen molar-refractivity contribution >= 4 is 37.3 Å². The van der Waals surface area contributed by atoms with Crippen LogP contribution in [-0.2, 0) is 16.4 Å². The van der Waals surface area contributed by atoms with Crippen molar-refractivity contribution < 1.29 is 8.42 Å². The third kappa shape index (κ3) is 3.08. The fraction of sp³-hybridized carbons (Fsp3) is 0.333. The van der Waals surface area contributed by atoms with Crippen LogP contribution in [0.15, 0.2) is 39.0 Å². The second kappa shape index (κ2) is 5.83. The van der Waals surface area contributed by atoms with Crippen molar-refractivity contribution in [3.63, 3.8) is 0 Å². The van der Waals surface area contributed by atoms with Crippen LogP contribution in [0.25, 0.3) is 0 Å². The van der Waals surface area contributed by atoms with Gasteiger partial charge >= 0.3 is 0 Å². The van der Waals surface area contributed by atoms with Crippen LogP contribution < -0.4 is 4.72 Å². The van der Waals surface area contributed by atoms with Gasteiger partial charge in [0.05, 0.1) is 4.90 Å². The molecule has 1 unspecified atom stereocenters. The van der Waals surface area contributed by atoms with Gasteiger partial charge in [0, 0.05) is 15.4 Å². The maximum absolute atomic E-state index is 12.6. The molecule has 0 saturated carbocycles. The number of thiophene rings is 1. The van der Waals surface area contributed by atoms with Crippen LogP contribution >= 0.6 is 27.3 Å². The zero-order chi connectivity index (χ0) is 15.0. The van der Waals surface area contributed by atoms with E-state index in [1.165, 1.54) is 4.88 Å². The minimum absolute atomic E-state index is 0.113. The lowest BCUT2D eigenvalue weighted by Crippen LogP contribution is -2.30. The minimum atomic E-state index is -3.52. The van der Waals surface area contributed by atoms with Crippen LogP contribution in [0.4, 0.5) is 0 Å². The summed E-state index contributed by atoms with van der Waals surface area (Å²) in [6.45, 7) is 1.94. The lowest BCUT2D eigenvalue weighted by molar-refractivity contribution is 0.511. The van der Waals surface area contributed by atoms with Gasteiger partial charge in [0.2, 0.25) is 10.0 Å². The zero-order valence-electron chi connectivity index (χ0n) is 11.6. The summed E-state index contributed by atoms with van der Waals surface area (Å²) in [6.07, 6.45) is 2.93. The lowest BCUT2D eigenvalue weighted by atomic mass is 9.95. The molecular weight excluding hydrogens is 370 g/mol. The number of fused-ring (bicyclic) bond motifs is 1. The number of sulfonamides is 1. The first kappa shape index (κ1) is 15.2. The Hall–Kier alpha value is -0.690.